The van der Waals surface area contributed by atoms with Crippen LogP contribution in [0.5, 0.6) is 0 Å². The first kappa shape index (κ1) is 9.94. The van der Waals surface area contributed by atoms with E-state index in [2.05, 4.69) is 24.8 Å². The monoisotopic (exact) mass is 216 g/mol. The summed E-state index contributed by atoms with van der Waals surface area (Å²) in [7, 11) is 0. The van der Waals surface area contributed by atoms with Gasteiger partial charge in [-0.25, -0.2) is 0 Å². The second-order valence-corrected chi connectivity index (χ2v) is 6.44. The average molecular weight is 216 g/mol. The second kappa shape index (κ2) is 4.28. The molecule has 0 aliphatic carbocycles. The third-order valence-electron chi connectivity index (χ3n) is 2.74. The van der Waals surface area contributed by atoms with Crippen molar-refractivity contribution >= 4 is 23.5 Å². The summed E-state index contributed by atoms with van der Waals surface area (Å²) in [6.45, 7) is 2.52. The predicted molar refractivity (Wildman–Crippen MR) is 61.2 cm³/mol. The molecule has 0 bridgehead atoms. The van der Waals surface area contributed by atoms with Gasteiger partial charge in [0.15, 0.2) is 0 Å². The fraction of sp³-hybridized carbons (Fsp3) is 0.800. The van der Waals surface area contributed by atoms with E-state index in [4.69, 9.17) is 5.11 Å². The zero-order valence-corrected chi connectivity index (χ0v) is 9.53. The van der Waals surface area contributed by atoms with Crippen LogP contribution in [0.25, 0.3) is 0 Å². The van der Waals surface area contributed by atoms with Gasteiger partial charge in [-0.05, 0) is 24.5 Å². The summed E-state index contributed by atoms with van der Waals surface area (Å²) in [5, 5.41) is 10.6. The van der Waals surface area contributed by atoms with Gasteiger partial charge in [0.2, 0.25) is 0 Å². The molecule has 0 spiro atoms. The van der Waals surface area contributed by atoms with E-state index in [9.17, 15) is 0 Å². The Morgan fingerprint density at radius 1 is 1.62 bits per heavy atom. The molecule has 1 fully saturated rings. The highest BCUT2D eigenvalue weighted by Gasteiger charge is 2.33. The third kappa shape index (κ3) is 2.08. The Morgan fingerprint density at radius 2 is 2.46 bits per heavy atom. The summed E-state index contributed by atoms with van der Waals surface area (Å²) < 4.78 is 0. The van der Waals surface area contributed by atoms with Crippen molar-refractivity contribution in [3.05, 3.63) is 11.0 Å². The molecule has 3 atom stereocenters. The van der Waals surface area contributed by atoms with Crippen LogP contribution in [0.2, 0.25) is 0 Å². The smallest absolute Gasteiger partial charge is 0.0737 e. The van der Waals surface area contributed by atoms with Crippen molar-refractivity contribution in [1.82, 2.24) is 0 Å². The molecule has 74 valence electrons. The first-order valence-electron chi connectivity index (χ1n) is 4.91. The number of rotatable bonds is 2. The van der Waals surface area contributed by atoms with E-state index in [1.165, 1.54) is 23.5 Å². The minimum atomic E-state index is 0.239. The summed E-state index contributed by atoms with van der Waals surface area (Å²) in [6.07, 6.45) is 5.00. The second-order valence-electron chi connectivity index (χ2n) is 3.78. The molecule has 0 radical (unpaired) electrons. The number of hydrogen-bond donors (Lipinski definition) is 1. The molecule has 2 aliphatic heterocycles. The molecule has 2 aliphatic rings. The van der Waals surface area contributed by atoms with Gasteiger partial charge in [0.05, 0.1) is 6.61 Å². The van der Waals surface area contributed by atoms with Crippen molar-refractivity contribution in [1.29, 1.82) is 0 Å². The largest absolute Gasteiger partial charge is 0.391 e. The van der Waals surface area contributed by atoms with Gasteiger partial charge in [-0.3, -0.25) is 0 Å². The normalized spacial score (nSPS) is 39.5. The highest BCUT2D eigenvalue weighted by atomic mass is 32.2. The molecular formula is C10H16OS2. The lowest BCUT2D eigenvalue weighted by Gasteiger charge is -2.20. The Kier molecular flexibility index (Phi) is 3.27. The molecule has 0 aromatic rings. The van der Waals surface area contributed by atoms with E-state index < -0.39 is 0 Å². The summed E-state index contributed by atoms with van der Waals surface area (Å²) in [5.41, 5.74) is 0. The zero-order chi connectivity index (χ0) is 9.26. The lowest BCUT2D eigenvalue weighted by atomic mass is 10.0. The van der Waals surface area contributed by atoms with Crippen LogP contribution in [-0.2, 0) is 0 Å². The molecule has 13 heavy (non-hydrogen) atoms. The van der Waals surface area contributed by atoms with Crippen molar-refractivity contribution in [2.45, 2.75) is 30.3 Å². The number of hydrogen-bond acceptors (Lipinski definition) is 3. The van der Waals surface area contributed by atoms with E-state index in [1.807, 2.05) is 11.8 Å². The van der Waals surface area contributed by atoms with E-state index in [1.54, 1.807) is 0 Å². The van der Waals surface area contributed by atoms with E-state index in [-0.39, 0.29) is 6.61 Å². The average Bonchev–Trinajstić information content (AvgIpc) is 2.72. The number of thioether (sulfide) groups is 2. The Morgan fingerprint density at radius 3 is 3.00 bits per heavy atom. The minimum absolute atomic E-state index is 0.239. The van der Waals surface area contributed by atoms with Crippen molar-refractivity contribution in [2.24, 2.45) is 5.92 Å². The molecule has 1 nitrogen and oxygen atoms in total. The Hall–Kier alpha value is 0.400. The Labute approximate surface area is 88.4 Å². The van der Waals surface area contributed by atoms with Crippen LogP contribution >= 0.6 is 23.5 Å². The SMILES string of the molecule is CC1C=C(CO)SC1[C@H]1CCCS1. The van der Waals surface area contributed by atoms with Crippen LogP contribution in [0.1, 0.15) is 19.8 Å². The van der Waals surface area contributed by atoms with Crippen LogP contribution in [-0.4, -0.2) is 28.0 Å². The maximum Gasteiger partial charge on any atom is 0.0737 e. The highest BCUT2D eigenvalue weighted by molar-refractivity contribution is 8.06. The number of allylic oxidation sites excluding steroid dienone is 1. The van der Waals surface area contributed by atoms with Crippen LogP contribution in [0.3, 0.4) is 0 Å². The molecule has 1 N–H and O–H groups in total. The first-order chi connectivity index (χ1) is 6.31. The zero-order valence-electron chi connectivity index (χ0n) is 7.90. The van der Waals surface area contributed by atoms with Gasteiger partial charge in [-0.15, -0.1) is 11.8 Å². The van der Waals surface area contributed by atoms with Gasteiger partial charge in [-0.2, -0.15) is 11.8 Å². The third-order valence-corrected chi connectivity index (χ3v) is 5.99. The standard InChI is InChI=1S/C10H16OS2/c1-7-5-8(6-11)13-10(7)9-3-2-4-12-9/h5,7,9-11H,2-4,6H2,1H3/t7?,9-,10?/m1/s1. The van der Waals surface area contributed by atoms with E-state index >= 15 is 0 Å². The molecule has 0 amide bonds. The summed E-state index contributed by atoms with van der Waals surface area (Å²) >= 11 is 4.03. The van der Waals surface area contributed by atoms with E-state index in [0.717, 1.165) is 10.5 Å². The lowest BCUT2D eigenvalue weighted by Crippen LogP contribution is -2.20. The summed E-state index contributed by atoms with van der Waals surface area (Å²) in [5.74, 6) is 1.99. The molecule has 1 saturated heterocycles. The van der Waals surface area contributed by atoms with Crippen molar-refractivity contribution in [3.8, 4) is 0 Å². The van der Waals surface area contributed by atoms with Crippen LogP contribution < -0.4 is 0 Å². The summed E-state index contributed by atoms with van der Waals surface area (Å²) in [6, 6.07) is 0. The topological polar surface area (TPSA) is 20.2 Å². The molecule has 2 heterocycles. The van der Waals surface area contributed by atoms with Gasteiger partial charge >= 0.3 is 0 Å². The molecule has 2 rings (SSSR count). The van der Waals surface area contributed by atoms with Gasteiger partial charge in [0, 0.05) is 15.4 Å². The fourth-order valence-corrected chi connectivity index (χ4v) is 5.18. The molecular weight excluding hydrogens is 200 g/mol. The maximum atomic E-state index is 9.05. The maximum absolute atomic E-state index is 9.05. The predicted octanol–water partition coefficient (Wildman–Crippen LogP) is 2.51. The Bertz CT molecular complexity index is 209. The van der Waals surface area contributed by atoms with Crippen molar-refractivity contribution in [3.63, 3.8) is 0 Å². The van der Waals surface area contributed by atoms with Crippen LogP contribution in [0.4, 0.5) is 0 Å². The van der Waals surface area contributed by atoms with Gasteiger partial charge in [0.25, 0.3) is 0 Å². The van der Waals surface area contributed by atoms with Crippen LogP contribution in [0.15, 0.2) is 11.0 Å². The van der Waals surface area contributed by atoms with Gasteiger partial charge in [-0.1, -0.05) is 13.0 Å². The molecule has 0 saturated carbocycles. The fourth-order valence-electron chi connectivity index (χ4n) is 2.08. The van der Waals surface area contributed by atoms with Gasteiger partial charge in [0.1, 0.15) is 0 Å². The van der Waals surface area contributed by atoms with E-state index in [0.29, 0.717) is 5.92 Å². The molecule has 2 unspecified atom stereocenters. The highest BCUT2D eigenvalue weighted by Crippen LogP contribution is 2.45. The molecule has 3 heteroatoms. The molecule has 0 aromatic carbocycles. The number of aliphatic hydroxyl groups is 1. The Balaban J connectivity index is 1.95. The van der Waals surface area contributed by atoms with Crippen LogP contribution in [0, 0.1) is 5.92 Å². The summed E-state index contributed by atoms with van der Waals surface area (Å²) in [4.78, 5) is 1.19. The van der Waals surface area contributed by atoms with Crippen molar-refractivity contribution < 1.29 is 5.11 Å². The first-order valence-corrected chi connectivity index (χ1v) is 6.84. The molecule has 0 aromatic heterocycles. The quantitative estimate of drug-likeness (QED) is 0.766. The van der Waals surface area contributed by atoms with Gasteiger partial charge < -0.3 is 5.11 Å². The number of aliphatic hydroxyl groups excluding tert-OH is 1. The van der Waals surface area contributed by atoms with Crippen molar-refractivity contribution in [2.75, 3.05) is 12.4 Å². The minimum Gasteiger partial charge on any atom is -0.391 e. The lowest BCUT2D eigenvalue weighted by molar-refractivity contribution is 0.339.